The number of sulfone groups is 1. The predicted molar refractivity (Wildman–Crippen MR) is 64.4 cm³/mol. The molecule has 0 saturated carbocycles. The Labute approximate surface area is 102 Å². The second kappa shape index (κ2) is 5.10. The van der Waals surface area contributed by atoms with Gasteiger partial charge in [0.15, 0.2) is 0 Å². The average molecular weight is 255 g/mol. The van der Waals surface area contributed by atoms with E-state index in [1.165, 1.54) is 6.20 Å². The first kappa shape index (κ1) is 12.4. The van der Waals surface area contributed by atoms with Gasteiger partial charge in [0, 0.05) is 11.9 Å². The van der Waals surface area contributed by atoms with Crippen LogP contribution in [0.25, 0.3) is 0 Å². The van der Waals surface area contributed by atoms with Gasteiger partial charge in [0.2, 0.25) is 15.0 Å². The zero-order valence-electron chi connectivity index (χ0n) is 9.89. The van der Waals surface area contributed by atoms with E-state index < -0.39 is 9.84 Å². The number of nitrogens with zero attached hydrogens (tertiary/aromatic N) is 2. The van der Waals surface area contributed by atoms with Gasteiger partial charge in [0.25, 0.3) is 0 Å². The Morgan fingerprint density at radius 2 is 2.35 bits per heavy atom. The van der Waals surface area contributed by atoms with Gasteiger partial charge in [-0.1, -0.05) is 0 Å². The minimum absolute atomic E-state index is 0.0388. The lowest BCUT2D eigenvalue weighted by atomic mass is 10.0. The molecule has 17 heavy (non-hydrogen) atoms. The molecule has 0 amide bonds. The minimum atomic E-state index is -3.34. The van der Waals surface area contributed by atoms with Crippen LogP contribution in [0.15, 0.2) is 17.4 Å². The molecule has 0 bridgehead atoms. The molecule has 1 aliphatic heterocycles. The monoisotopic (exact) mass is 255 g/mol. The molecule has 1 aliphatic rings. The van der Waals surface area contributed by atoms with E-state index in [-0.39, 0.29) is 16.8 Å². The normalized spacial score (nSPS) is 21.4. The summed E-state index contributed by atoms with van der Waals surface area (Å²) in [6.45, 7) is 3.52. The van der Waals surface area contributed by atoms with Gasteiger partial charge in [-0.2, -0.15) is 0 Å². The van der Waals surface area contributed by atoms with Gasteiger partial charge in [-0.05, 0) is 44.8 Å². The van der Waals surface area contributed by atoms with Crippen LogP contribution >= 0.6 is 0 Å². The van der Waals surface area contributed by atoms with E-state index >= 15 is 0 Å². The topological polar surface area (TPSA) is 72.0 Å². The summed E-state index contributed by atoms with van der Waals surface area (Å²) < 4.78 is 24.2. The zero-order chi connectivity index (χ0) is 12.3. The highest BCUT2D eigenvalue weighted by atomic mass is 32.2. The molecule has 6 heteroatoms. The fourth-order valence-corrected chi connectivity index (χ4v) is 3.59. The number of aromatic nitrogens is 2. The lowest BCUT2D eigenvalue weighted by molar-refractivity contribution is 0.403. The number of nitrogens with one attached hydrogen (secondary N) is 1. The van der Waals surface area contributed by atoms with Crippen molar-refractivity contribution in [3.8, 4) is 0 Å². The van der Waals surface area contributed by atoms with Crippen molar-refractivity contribution in [2.45, 2.75) is 24.9 Å². The van der Waals surface area contributed by atoms with Crippen molar-refractivity contribution < 1.29 is 8.42 Å². The molecule has 2 heterocycles. The van der Waals surface area contributed by atoms with E-state index in [1.807, 2.05) is 0 Å². The minimum Gasteiger partial charge on any atom is -0.316 e. The lowest BCUT2D eigenvalue weighted by Crippen LogP contribution is -2.34. The second-order valence-electron chi connectivity index (χ2n) is 4.47. The lowest BCUT2D eigenvalue weighted by Gasteiger charge is -2.21. The average Bonchev–Trinajstić information content (AvgIpc) is 2.30. The molecule has 1 aromatic rings. The van der Waals surface area contributed by atoms with E-state index in [9.17, 15) is 8.42 Å². The molecule has 0 spiro atoms. The Morgan fingerprint density at radius 1 is 1.53 bits per heavy atom. The summed E-state index contributed by atoms with van der Waals surface area (Å²) >= 11 is 0. The van der Waals surface area contributed by atoms with Crippen molar-refractivity contribution in [1.82, 2.24) is 15.3 Å². The van der Waals surface area contributed by atoms with Crippen molar-refractivity contribution in [3.63, 3.8) is 0 Å². The first-order valence-electron chi connectivity index (χ1n) is 5.81. The maximum atomic E-state index is 12.1. The first-order valence-corrected chi connectivity index (χ1v) is 7.46. The molecule has 1 saturated heterocycles. The molecule has 1 N–H and O–H groups in total. The highest BCUT2D eigenvalue weighted by molar-refractivity contribution is 7.91. The van der Waals surface area contributed by atoms with Crippen LogP contribution in [0, 0.1) is 12.8 Å². The van der Waals surface area contributed by atoms with Crippen LogP contribution < -0.4 is 5.32 Å². The number of hydrogen-bond acceptors (Lipinski definition) is 5. The third kappa shape index (κ3) is 3.23. The standard InChI is InChI=1S/C11H17N3O2S/c1-9-4-6-13-11(14-9)17(15,16)8-10-3-2-5-12-7-10/h4,6,10,12H,2-3,5,7-8H2,1H3. The molecule has 0 aromatic carbocycles. The van der Waals surface area contributed by atoms with Crippen molar-refractivity contribution in [3.05, 3.63) is 18.0 Å². The summed E-state index contributed by atoms with van der Waals surface area (Å²) in [6, 6.07) is 1.70. The maximum Gasteiger partial charge on any atom is 0.247 e. The van der Waals surface area contributed by atoms with Crippen LogP contribution in [0.2, 0.25) is 0 Å². The van der Waals surface area contributed by atoms with Crippen molar-refractivity contribution in [2.75, 3.05) is 18.8 Å². The van der Waals surface area contributed by atoms with Crippen molar-refractivity contribution in [1.29, 1.82) is 0 Å². The third-order valence-electron chi connectivity index (χ3n) is 2.90. The fourth-order valence-electron chi connectivity index (χ4n) is 2.03. The van der Waals surface area contributed by atoms with Crippen molar-refractivity contribution in [2.24, 2.45) is 5.92 Å². The summed E-state index contributed by atoms with van der Waals surface area (Å²) in [7, 11) is -3.34. The molecule has 0 aliphatic carbocycles. The van der Waals surface area contributed by atoms with Crippen LogP contribution in [0.5, 0.6) is 0 Å². The van der Waals surface area contributed by atoms with Crippen LogP contribution in [0.3, 0.4) is 0 Å². The predicted octanol–water partition coefficient (Wildman–Crippen LogP) is 0.558. The molecule has 94 valence electrons. The number of rotatable bonds is 3. The first-order chi connectivity index (χ1) is 8.08. The summed E-state index contributed by atoms with van der Waals surface area (Å²) in [6.07, 6.45) is 3.49. The maximum absolute atomic E-state index is 12.1. The Kier molecular flexibility index (Phi) is 3.73. The molecule has 5 nitrogen and oxygen atoms in total. The summed E-state index contributed by atoms with van der Waals surface area (Å²) in [4.78, 5) is 7.85. The number of aryl methyl sites for hydroxylation is 1. The molecule has 0 radical (unpaired) electrons. The largest absolute Gasteiger partial charge is 0.316 e. The van der Waals surface area contributed by atoms with Gasteiger partial charge in [-0.25, -0.2) is 18.4 Å². The number of piperidine rings is 1. The molecule has 1 unspecified atom stereocenters. The highest BCUT2D eigenvalue weighted by Crippen LogP contribution is 2.16. The summed E-state index contributed by atoms with van der Waals surface area (Å²) in [5.74, 6) is 0.321. The van der Waals surface area contributed by atoms with Gasteiger partial charge in [0.1, 0.15) is 0 Å². The van der Waals surface area contributed by atoms with Crippen LogP contribution in [-0.4, -0.2) is 37.2 Å². The van der Waals surface area contributed by atoms with Gasteiger partial charge in [-0.3, -0.25) is 0 Å². The van der Waals surface area contributed by atoms with Gasteiger partial charge in [0.05, 0.1) is 5.75 Å². The van der Waals surface area contributed by atoms with E-state index in [4.69, 9.17) is 0 Å². The van der Waals surface area contributed by atoms with Crippen LogP contribution in [0.4, 0.5) is 0 Å². The highest BCUT2D eigenvalue weighted by Gasteiger charge is 2.24. The van der Waals surface area contributed by atoms with Crippen LogP contribution in [0.1, 0.15) is 18.5 Å². The summed E-state index contributed by atoms with van der Waals surface area (Å²) in [5.41, 5.74) is 0.681. The third-order valence-corrected chi connectivity index (χ3v) is 4.57. The van der Waals surface area contributed by atoms with Gasteiger partial charge >= 0.3 is 0 Å². The second-order valence-corrected chi connectivity index (χ2v) is 6.40. The quantitative estimate of drug-likeness (QED) is 0.799. The zero-order valence-corrected chi connectivity index (χ0v) is 10.7. The molecule has 1 atom stereocenters. The van der Waals surface area contributed by atoms with E-state index in [0.29, 0.717) is 5.69 Å². The van der Waals surface area contributed by atoms with E-state index in [1.54, 1.807) is 13.0 Å². The number of hydrogen-bond donors (Lipinski definition) is 1. The molecule has 2 rings (SSSR count). The van der Waals surface area contributed by atoms with Crippen molar-refractivity contribution >= 4 is 9.84 Å². The smallest absolute Gasteiger partial charge is 0.247 e. The summed E-state index contributed by atoms with van der Waals surface area (Å²) in [5, 5.41) is 3.18. The Balaban J connectivity index is 2.13. The van der Waals surface area contributed by atoms with E-state index in [2.05, 4.69) is 15.3 Å². The Morgan fingerprint density at radius 3 is 3.00 bits per heavy atom. The van der Waals surface area contributed by atoms with Gasteiger partial charge in [-0.15, -0.1) is 0 Å². The van der Waals surface area contributed by atoms with Gasteiger partial charge < -0.3 is 5.32 Å². The molecular weight excluding hydrogens is 238 g/mol. The SMILES string of the molecule is Cc1ccnc(S(=O)(=O)CC2CCCNC2)n1. The van der Waals surface area contributed by atoms with Crippen LogP contribution in [-0.2, 0) is 9.84 Å². The fraction of sp³-hybridized carbons (Fsp3) is 0.636. The molecule has 1 fully saturated rings. The van der Waals surface area contributed by atoms with E-state index in [0.717, 1.165) is 25.9 Å². The molecular formula is C11H17N3O2S. The Bertz CT molecular complexity index is 481. The molecule has 1 aromatic heterocycles. The Hall–Kier alpha value is -1.01.